The third kappa shape index (κ3) is 3.78. The molecule has 0 fully saturated rings. The Morgan fingerprint density at radius 1 is 1.44 bits per heavy atom. The van der Waals surface area contributed by atoms with E-state index in [1.807, 2.05) is 6.07 Å². The van der Waals surface area contributed by atoms with E-state index >= 15 is 0 Å². The molecule has 0 radical (unpaired) electrons. The topological polar surface area (TPSA) is 33.0 Å². The number of alkyl halides is 3. The van der Waals surface area contributed by atoms with Crippen molar-refractivity contribution in [3.05, 3.63) is 29.3 Å². The van der Waals surface area contributed by atoms with Crippen molar-refractivity contribution >= 4 is 15.9 Å². The van der Waals surface area contributed by atoms with E-state index in [2.05, 4.69) is 20.7 Å². The molecule has 0 heterocycles. The number of halogens is 3. The van der Waals surface area contributed by atoms with Gasteiger partial charge in [0.15, 0.2) is 0 Å². The van der Waals surface area contributed by atoms with Crippen LogP contribution in [0.5, 0.6) is 5.75 Å². The molecule has 16 heavy (non-hydrogen) atoms. The second-order valence-corrected chi connectivity index (χ2v) is 3.89. The summed E-state index contributed by atoms with van der Waals surface area (Å²) < 4.78 is 28.1. The number of hydrogen-bond donors (Lipinski definition) is 0. The number of ether oxygens (including phenoxy) is 1. The molecular formula is C11H10BrF2NO. The van der Waals surface area contributed by atoms with Crippen molar-refractivity contribution in [3.63, 3.8) is 0 Å². The fourth-order valence-corrected chi connectivity index (χ4v) is 1.59. The molecule has 0 bridgehead atoms. The summed E-state index contributed by atoms with van der Waals surface area (Å²) in [5, 5.41) is 9.71. The van der Waals surface area contributed by atoms with E-state index in [0.717, 1.165) is 23.7 Å². The first-order valence-corrected chi connectivity index (χ1v) is 5.83. The Bertz CT molecular complexity index is 390. The Kier molecular flexibility index (Phi) is 5.20. The van der Waals surface area contributed by atoms with Gasteiger partial charge in [-0.3, -0.25) is 0 Å². The standard InChI is InChI=1S/C11H10BrF2NO/c12-5-1-2-8-3-4-10(16-11(13)14)6-9(8)7-15/h3-4,6,11H,1-2,5H2. The van der Waals surface area contributed by atoms with E-state index in [9.17, 15) is 8.78 Å². The molecule has 2 nitrogen and oxygen atoms in total. The average Bonchev–Trinajstić information content (AvgIpc) is 2.26. The fraction of sp³-hybridized carbons (Fsp3) is 0.364. The van der Waals surface area contributed by atoms with Crippen molar-refractivity contribution in [1.29, 1.82) is 5.26 Å². The van der Waals surface area contributed by atoms with E-state index in [-0.39, 0.29) is 5.75 Å². The number of benzene rings is 1. The van der Waals surface area contributed by atoms with Crippen LogP contribution in [0.2, 0.25) is 0 Å². The minimum Gasteiger partial charge on any atom is -0.435 e. The van der Waals surface area contributed by atoms with Gasteiger partial charge in [0, 0.05) is 5.33 Å². The molecule has 0 saturated heterocycles. The first-order valence-electron chi connectivity index (χ1n) is 4.71. The zero-order chi connectivity index (χ0) is 12.0. The highest BCUT2D eigenvalue weighted by molar-refractivity contribution is 9.09. The van der Waals surface area contributed by atoms with Gasteiger partial charge >= 0.3 is 6.61 Å². The van der Waals surface area contributed by atoms with Crippen LogP contribution in [0.15, 0.2) is 18.2 Å². The molecule has 0 saturated carbocycles. The zero-order valence-electron chi connectivity index (χ0n) is 8.42. The normalized spacial score (nSPS) is 10.2. The van der Waals surface area contributed by atoms with E-state index in [0.29, 0.717) is 5.56 Å². The molecule has 0 atom stereocenters. The first-order chi connectivity index (χ1) is 7.67. The Labute approximate surface area is 101 Å². The fourth-order valence-electron chi connectivity index (χ4n) is 1.31. The van der Waals surface area contributed by atoms with E-state index in [1.54, 1.807) is 6.07 Å². The quantitative estimate of drug-likeness (QED) is 0.778. The summed E-state index contributed by atoms with van der Waals surface area (Å²) in [5.74, 6) is 0.0224. The first kappa shape index (κ1) is 12.9. The molecule has 1 aromatic carbocycles. The summed E-state index contributed by atoms with van der Waals surface area (Å²) in [6.07, 6.45) is 1.63. The van der Waals surface area contributed by atoms with Crippen LogP contribution in [0.3, 0.4) is 0 Å². The van der Waals surface area contributed by atoms with Crippen LogP contribution < -0.4 is 4.74 Å². The maximum Gasteiger partial charge on any atom is 0.387 e. The molecule has 0 aliphatic heterocycles. The van der Waals surface area contributed by atoms with Crippen LogP contribution >= 0.6 is 15.9 Å². The molecule has 86 valence electrons. The van der Waals surface area contributed by atoms with Gasteiger partial charge in [0.05, 0.1) is 11.6 Å². The summed E-state index contributed by atoms with van der Waals surface area (Å²) in [6.45, 7) is -2.86. The Morgan fingerprint density at radius 3 is 2.75 bits per heavy atom. The number of hydrogen-bond acceptors (Lipinski definition) is 2. The lowest BCUT2D eigenvalue weighted by Crippen LogP contribution is -2.02. The summed E-state index contributed by atoms with van der Waals surface area (Å²) in [4.78, 5) is 0. The van der Waals surface area contributed by atoms with Crippen LogP contribution in [0.1, 0.15) is 17.5 Å². The van der Waals surface area contributed by atoms with Gasteiger partial charge in [-0.2, -0.15) is 14.0 Å². The van der Waals surface area contributed by atoms with E-state index in [1.165, 1.54) is 12.1 Å². The molecule has 0 aliphatic rings. The number of rotatable bonds is 5. The maximum atomic E-state index is 11.9. The number of aryl methyl sites for hydroxylation is 1. The van der Waals surface area contributed by atoms with Gasteiger partial charge in [0.1, 0.15) is 5.75 Å². The van der Waals surface area contributed by atoms with E-state index < -0.39 is 6.61 Å². The van der Waals surface area contributed by atoms with Gasteiger partial charge in [-0.15, -0.1) is 0 Å². The molecule has 0 aromatic heterocycles. The molecule has 1 rings (SSSR count). The monoisotopic (exact) mass is 289 g/mol. The predicted molar refractivity (Wildman–Crippen MR) is 59.9 cm³/mol. The highest BCUT2D eigenvalue weighted by Gasteiger charge is 2.08. The molecule has 0 unspecified atom stereocenters. The van der Waals surface area contributed by atoms with Crippen LogP contribution in [0.4, 0.5) is 8.78 Å². The molecule has 1 aromatic rings. The minimum atomic E-state index is -2.86. The van der Waals surface area contributed by atoms with Crippen molar-refractivity contribution in [2.45, 2.75) is 19.5 Å². The third-order valence-corrected chi connectivity index (χ3v) is 2.57. The number of nitrogens with zero attached hydrogens (tertiary/aromatic N) is 1. The van der Waals surface area contributed by atoms with Crippen molar-refractivity contribution < 1.29 is 13.5 Å². The lowest BCUT2D eigenvalue weighted by Gasteiger charge is -2.07. The second kappa shape index (κ2) is 6.44. The summed E-state index contributed by atoms with van der Waals surface area (Å²) >= 11 is 3.29. The SMILES string of the molecule is N#Cc1cc(OC(F)F)ccc1CCCBr. The van der Waals surface area contributed by atoms with Crippen LogP contribution in [0.25, 0.3) is 0 Å². The predicted octanol–water partition coefficient (Wildman–Crippen LogP) is 3.49. The maximum absolute atomic E-state index is 11.9. The molecule has 0 spiro atoms. The largest absolute Gasteiger partial charge is 0.435 e. The summed E-state index contributed by atoms with van der Waals surface area (Å²) in [6, 6.07) is 6.43. The van der Waals surface area contributed by atoms with Gasteiger partial charge in [-0.1, -0.05) is 22.0 Å². The van der Waals surface area contributed by atoms with Gasteiger partial charge in [-0.05, 0) is 30.5 Å². The van der Waals surface area contributed by atoms with Crippen LogP contribution in [0, 0.1) is 11.3 Å². The summed E-state index contributed by atoms with van der Waals surface area (Å²) in [7, 11) is 0. The molecule has 0 N–H and O–H groups in total. The average molecular weight is 290 g/mol. The van der Waals surface area contributed by atoms with Crippen LogP contribution in [-0.4, -0.2) is 11.9 Å². The minimum absolute atomic E-state index is 0.0224. The molecule has 0 amide bonds. The highest BCUT2D eigenvalue weighted by Crippen LogP contribution is 2.20. The molecule has 5 heteroatoms. The van der Waals surface area contributed by atoms with Gasteiger partial charge in [-0.25, -0.2) is 0 Å². The van der Waals surface area contributed by atoms with Gasteiger partial charge in [0.2, 0.25) is 0 Å². The summed E-state index contributed by atoms with van der Waals surface area (Å²) in [5.41, 5.74) is 1.24. The Morgan fingerprint density at radius 2 is 2.19 bits per heavy atom. The van der Waals surface area contributed by atoms with Gasteiger partial charge < -0.3 is 4.74 Å². The number of nitriles is 1. The molecular weight excluding hydrogens is 280 g/mol. The lowest BCUT2D eigenvalue weighted by molar-refractivity contribution is -0.0498. The van der Waals surface area contributed by atoms with Crippen molar-refractivity contribution in [2.24, 2.45) is 0 Å². The molecule has 0 aliphatic carbocycles. The Balaban J connectivity index is 2.85. The van der Waals surface area contributed by atoms with Crippen molar-refractivity contribution in [3.8, 4) is 11.8 Å². The highest BCUT2D eigenvalue weighted by atomic mass is 79.9. The Hall–Kier alpha value is -1.15. The van der Waals surface area contributed by atoms with Crippen LogP contribution in [-0.2, 0) is 6.42 Å². The third-order valence-electron chi connectivity index (χ3n) is 2.01. The smallest absolute Gasteiger partial charge is 0.387 e. The van der Waals surface area contributed by atoms with Crippen molar-refractivity contribution in [2.75, 3.05) is 5.33 Å². The zero-order valence-corrected chi connectivity index (χ0v) is 10.0. The van der Waals surface area contributed by atoms with Gasteiger partial charge in [0.25, 0.3) is 0 Å². The second-order valence-electron chi connectivity index (χ2n) is 3.10. The lowest BCUT2D eigenvalue weighted by atomic mass is 10.0. The van der Waals surface area contributed by atoms with E-state index in [4.69, 9.17) is 5.26 Å². The van der Waals surface area contributed by atoms with Crippen molar-refractivity contribution in [1.82, 2.24) is 0 Å².